The number of hydrogen-bond donors (Lipinski definition) is 2. The number of hydrogen-bond acceptors (Lipinski definition) is 3. The molecule has 0 aliphatic rings. The first-order chi connectivity index (χ1) is 6.31. The summed E-state index contributed by atoms with van der Waals surface area (Å²) in [7, 11) is -0.451. The lowest BCUT2D eigenvalue weighted by molar-refractivity contribution is 0.254. The van der Waals surface area contributed by atoms with E-state index >= 15 is 0 Å². The fourth-order valence-electron chi connectivity index (χ4n) is 0.964. The number of nitrogens with one attached hydrogen (secondary N) is 1. The fourth-order valence-corrected chi connectivity index (χ4v) is 1.95. The molecule has 0 aliphatic heterocycles. The van der Waals surface area contributed by atoms with Crippen LogP contribution in [0.25, 0.3) is 0 Å². The summed E-state index contributed by atoms with van der Waals surface area (Å²) < 4.78 is 26.6. The lowest BCUT2D eigenvalue weighted by Gasteiger charge is -2.23. The molecule has 0 saturated carbocycles. The van der Waals surface area contributed by atoms with Crippen LogP contribution < -0.4 is 4.72 Å². The summed E-state index contributed by atoms with van der Waals surface area (Å²) in [6, 6.07) is -0.215. The summed E-state index contributed by atoms with van der Waals surface area (Å²) in [5, 5.41) is 8.77. The highest BCUT2D eigenvalue weighted by molar-refractivity contribution is 7.87. The Balaban J connectivity index is 4.45. The van der Waals surface area contributed by atoms with Crippen LogP contribution in [0.4, 0.5) is 0 Å². The molecule has 0 amide bonds. The van der Waals surface area contributed by atoms with Crippen LogP contribution in [0.2, 0.25) is 0 Å². The maximum absolute atomic E-state index is 11.5. The van der Waals surface area contributed by atoms with Crippen molar-refractivity contribution in [3.8, 4) is 0 Å². The quantitative estimate of drug-likeness (QED) is 0.656. The summed E-state index contributed by atoms with van der Waals surface area (Å²) in [6.07, 6.45) is 0.435. The van der Waals surface area contributed by atoms with Crippen molar-refractivity contribution in [1.29, 1.82) is 0 Å². The van der Waals surface area contributed by atoms with E-state index in [4.69, 9.17) is 5.11 Å². The Labute approximate surface area is 86.3 Å². The van der Waals surface area contributed by atoms with Crippen LogP contribution in [-0.4, -0.2) is 44.6 Å². The standard InChI is InChI=1S/C8H20N2O3S/c1-7(2)8(5-6-11)9-14(12,13)10(3)4/h7-9,11H,5-6H2,1-4H3/t8-/m1/s1. The average molecular weight is 224 g/mol. The number of aliphatic hydroxyl groups is 1. The van der Waals surface area contributed by atoms with Crippen LogP contribution >= 0.6 is 0 Å². The molecule has 0 aromatic heterocycles. The van der Waals surface area contributed by atoms with Gasteiger partial charge in [0.1, 0.15) is 0 Å². The highest BCUT2D eigenvalue weighted by Gasteiger charge is 2.21. The normalized spacial score (nSPS) is 15.1. The molecule has 0 heterocycles. The second-order valence-electron chi connectivity index (χ2n) is 3.77. The van der Waals surface area contributed by atoms with E-state index in [1.54, 1.807) is 0 Å². The van der Waals surface area contributed by atoms with Gasteiger partial charge < -0.3 is 5.11 Å². The molecule has 0 aliphatic carbocycles. The van der Waals surface area contributed by atoms with E-state index in [1.165, 1.54) is 14.1 Å². The van der Waals surface area contributed by atoms with Gasteiger partial charge in [-0.05, 0) is 12.3 Å². The van der Waals surface area contributed by atoms with Crippen molar-refractivity contribution in [3.63, 3.8) is 0 Å². The predicted octanol–water partition coefficient (Wildman–Crippen LogP) is -0.211. The van der Waals surface area contributed by atoms with Crippen molar-refractivity contribution in [2.24, 2.45) is 5.92 Å². The third-order valence-corrected chi connectivity index (χ3v) is 3.59. The van der Waals surface area contributed by atoms with Gasteiger partial charge in [0, 0.05) is 26.7 Å². The second kappa shape index (κ2) is 5.65. The van der Waals surface area contributed by atoms with Crippen molar-refractivity contribution in [2.75, 3.05) is 20.7 Å². The Morgan fingerprint density at radius 3 is 2.14 bits per heavy atom. The van der Waals surface area contributed by atoms with E-state index in [-0.39, 0.29) is 18.6 Å². The highest BCUT2D eigenvalue weighted by Crippen LogP contribution is 2.07. The van der Waals surface area contributed by atoms with Crippen molar-refractivity contribution < 1.29 is 13.5 Å². The molecule has 14 heavy (non-hydrogen) atoms. The predicted molar refractivity (Wildman–Crippen MR) is 56.1 cm³/mol. The average Bonchev–Trinajstić information content (AvgIpc) is 2.02. The lowest BCUT2D eigenvalue weighted by Crippen LogP contribution is -2.44. The summed E-state index contributed by atoms with van der Waals surface area (Å²) >= 11 is 0. The Bertz CT molecular complexity index is 249. The van der Waals surface area contributed by atoms with Crippen LogP contribution in [0.15, 0.2) is 0 Å². The van der Waals surface area contributed by atoms with Gasteiger partial charge in [0.25, 0.3) is 10.2 Å². The van der Waals surface area contributed by atoms with Gasteiger partial charge in [-0.2, -0.15) is 17.4 Å². The molecule has 1 atom stereocenters. The van der Waals surface area contributed by atoms with Crippen molar-refractivity contribution in [2.45, 2.75) is 26.3 Å². The SMILES string of the molecule is CC(C)[C@@H](CCO)NS(=O)(=O)N(C)C. The largest absolute Gasteiger partial charge is 0.396 e. The molecule has 0 unspecified atom stereocenters. The minimum atomic E-state index is -3.39. The molecule has 0 rings (SSSR count). The van der Waals surface area contributed by atoms with Crippen LogP contribution in [-0.2, 0) is 10.2 Å². The van der Waals surface area contributed by atoms with Crippen molar-refractivity contribution in [1.82, 2.24) is 9.03 Å². The third-order valence-electron chi connectivity index (χ3n) is 2.03. The van der Waals surface area contributed by atoms with Crippen LogP contribution in [0, 0.1) is 5.92 Å². The maximum atomic E-state index is 11.5. The van der Waals surface area contributed by atoms with Crippen LogP contribution in [0.5, 0.6) is 0 Å². The van der Waals surface area contributed by atoms with E-state index in [2.05, 4.69) is 4.72 Å². The van der Waals surface area contributed by atoms with Gasteiger partial charge in [-0.15, -0.1) is 0 Å². The zero-order valence-electron chi connectivity index (χ0n) is 9.19. The highest BCUT2D eigenvalue weighted by atomic mass is 32.2. The van der Waals surface area contributed by atoms with E-state index < -0.39 is 10.2 Å². The Kier molecular flexibility index (Phi) is 5.58. The van der Waals surface area contributed by atoms with E-state index in [0.29, 0.717) is 6.42 Å². The smallest absolute Gasteiger partial charge is 0.279 e. The first kappa shape index (κ1) is 13.8. The molecule has 0 saturated heterocycles. The molecule has 6 heteroatoms. The molecule has 0 aromatic rings. The van der Waals surface area contributed by atoms with E-state index in [9.17, 15) is 8.42 Å². The van der Waals surface area contributed by atoms with Gasteiger partial charge >= 0.3 is 0 Å². The number of nitrogens with zero attached hydrogens (tertiary/aromatic N) is 1. The molecule has 5 nitrogen and oxygen atoms in total. The van der Waals surface area contributed by atoms with Crippen LogP contribution in [0.1, 0.15) is 20.3 Å². The molecular formula is C8H20N2O3S. The molecule has 86 valence electrons. The van der Waals surface area contributed by atoms with E-state index in [1.807, 2.05) is 13.8 Å². The van der Waals surface area contributed by atoms with Gasteiger partial charge in [-0.1, -0.05) is 13.8 Å². The lowest BCUT2D eigenvalue weighted by atomic mass is 10.0. The van der Waals surface area contributed by atoms with Crippen molar-refractivity contribution in [3.05, 3.63) is 0 Å². The minimum Gasteiger partial charge on any atom is -0.396 e. The first-order valence-electron chi connectivity index (χ1n) is 4.62. The zero-order valence-corrected chi connectivity index (χ0v) is 10.0. The molecule has 0 spiro atoms. The summed E-state index contributed by atoms with van der Waals surface area (Å²) in [5.41, 5.74) is 0. The van der Waals surface area contributed by atoms with Gasteiger partial charge in [-0.3, -0.25) is 0 Å². The summed E-state index contributed by atoms with van der Waals surface area (Å²) in [5.74, 6) is 0.164. The monoisotopic (exact) mass is 224 g/mol. The Hall–Kier alpha value is -0.170. The molecule has 0 radical (unpaired) electrons. The zero-order chi connectivity index (χ0) is 11.4. The second-order valence-corrected chi connectivity index (χ2v) is 5.68. The number of aliphatic hydroxyl groups excluding tert-OH is 1. The molecule has 0 fully saturated rings. The summed E-state index contributed by atoms with van der Waals surface area (Å²) in [6.45, 7) is 3.82. The first-order valence-corrected chi connectivity index (χ1v) is 6.06. The number of rotatable bonds is 6. The maximum Gasteiger partial charge on any atom is 0.279 e. The van der Waals surface area contributed by atoms with Gasteiger partial charge in [0.2, 0.25) is 0 Å². The third kappa shape index (κ3) is 4.36. The topological polar surface area (TPSA) is 69.6 Å². The minimum absolute atomic E-state index is 0.0151. The van der Waals surface area contributed by atoms with E-state index in [0.717, 1.165) is 4.31 Å². The molecule has 0 aromatic carbocycles. The molecule has 2 N–H and O–H groups in total. The van der Waals surface area contributed by atoms with Crippen molar-refractivity contribution >= 4 is 10.2 Å². The van der Waals surface area contributed by atoms with Crippen LogP contribution in [0.3, 0.4) is 0 Å². The Morgan fingerprint density at radius 2 is 1.86 bits per heavy atom. The van der Waals surface area contributed by atoms with Gasteiger partial charge in [-0.25, -0.2) is 0 Å². The summed E-state index contributed by atoms with van der Waals surface area (Å²) in [4.78, 5) is 0. The molecule has 0 bridgehead atoms. The van der Waals surface area contributed by atoms with Gasteiger partial charge in [0.05, 0.1) is 0 Å². The van der Waals surface area contributed by atoms with Gasteiger partial charge in [0.15, 0.2) is 0 Å². The molecular weight excluding hydrogens is 204 g/mol. The fraction of sp³-hybridized carbons (Fsp3) is 1.00. The Morgan fingerprint density at radius 1 is 1.36 bits per heavy atom.